The molecule has 4 aromatic rings. The van der Waals surface area contributed by atoms with E-state index in [2.05, 4.69) is 59.7 Å². The number of aromatic nitrogens is 5. The Morgan fingerprint density at radius 1 is 1.00 bits per heavy atom. The number of anilines is 1. The Bertz CT molecular complexity index is 1240. The van der Waals surface area contributed by atoms with Gasteiger partial charge in [-0.15, -0.1) is 10.2 Å². The second-order valence-electron chi connectivity index (χ2n) is 8.08. The molecule has 0 aliphatic carbocycles. The fourth-order valence-electron chi connectivity index (χ4n) is 4.10. The molecule has 0 spiro atoms. The lowest BCUT2D eigenvalue weighted by atomic mass is 9.98. The predicted molar refractivity (Wildman–Crippen MR) is 127 cm³/mol. The minimum atomic E-state index is 0.245. The molecular weight excluding hydrogens is 428 g/mol. The highest BCUT2D eigenvalue weighted by molar-refractivity contribution is 5.69. The number of rotatable bonds is 7. The van der Waals surface area contributed by atoms with Crippen molar-refractivity contribution in [1.82, 2.24) is 30.5 Å². The predicted octanol–water partition coefficient (Wildman–Crippen LogP) is 3.03. The van der Waals surface area contributed by atoms with Gasteiger partial charge < -0.3 is 9.64 Å². The van der Waals surface area contributed by atoms with Gasteiger partial charge in [0.2, 0.25) is 5.82 Å². The molecule has 5 rings (SSSR count). The van der Waals surface area contributed by atoms with Gasteiger partial charge in [-0.05, 0) is 53.1 Å². The van der Waals surface area contributed by atoms with Gasteiger partial charge in [0, 0.05) is 38.9 Å². The van der Waals surface area contributed by atoms with Crippen molar-refractivity contribution in [2.24, 2.45) is 0 Å². The number of hydrogen-bond donors (Lipinski definition) is 1. The number of tetrazole rings is 1. The summed E-state index contributed by atoms with van der Waals surface area (Å²) in [6.45, 7) is 4.78. The first-order chi connectivity index (χ1) is 16.8. The third kappa shape index (κ3) is 5.03. The maximum absolute atomic E-state index is 9.15. The van der Waals surface area contributed by atoms with Crippen molar-refractivity contribution in [3.05, 3.63) is 83.8 Å². The van der Waals surface area contributed by atoms with E-state index in [0.717, 1.165) is 55.4 Å². The van der Waals surface area contributed by atoms with Crippen LogP contribution in [-0.4, -0.2) is 56.7 Å². The van der Waals surface area contributed by atoms with Gasteiger partial charge in [0.25, 0.3) is 0 Å². The molecule has 0 bridgehead atoms. The Kier molecular flexibility index (Phi) is 6.40. The number of aromatic amines is 1. The maximum Gasteiger partial charge on any atom is 0.211 e. The Morgan fingerprint density at radius 3 is 2.56 bits per heavy atom. The summed E-state index contributed by atoms with van der Waals surface area (Å²) in [4.78, 5) is 9.25. The monoisotopic (exact) mass is 452 g/mol. The molecule has 0 saturated carbocycles. The fraction of sp³-hybridized carbons (Fsp3) is 0.240. The quantitative estimate of drug-likeness (QED) is 0.456. The number of nitriles is 1. The number of benzene rings is 2. The van der Waals surface area contributed by atoms with Gasteiger partial charge in [0.15, 0.2) is 6.61 Å². The lowest BCUT2D eigenvalue weighted by Crippen LogP contribution is -2.46. The van der Waals surface area contributed by atoms with Gasteiger partial charge in [-0.1, -0.05) is 29.5 Å². The van der Waals surface area contributed by atoms with E-state index in [1.54, 1.807) is 0 Å². The van der Waals surface area contributed by atoms with Gasteiger partial charge in [-0.2, -0.15) is 10.5 Å². The second-order valence-corrected chi connectivity index (χ2v) is 8.08. The largest absolute Gasteiger partial charge is 0.485 e. The number of nitrogens with zero attached hydrogens (tertiary/aromatic N) is 7. The summed E-state index contributed by atoms with van der Waals surface area (Å²) in [5.41, 5.74) is 4.02. The molecule has 3 heterocycles. The average molecular weight is 453 g/mol. The summed E-state index contributed by atoms with van der Waals surface area (Å²) in [6, 6.07) is 22.0. The lowest BCUT2D eigenvalue weighted by Gasteiger charge is -2.35. The van der Waals surface area contributed by atoms with Crippen molar-refractivity contribution >= 4 is 5.82 Å². The second kappa shape index (κ2) is 10.1. The Balaban J connectivity index is 1.34. The van der Waals surface area contributed by atoms with Gasteiger partial charge in [-0.3, -0.25) is 4.90 Å². The van der Waals surface area contributed by atoms with Crippen molar-refractivity contribution < 1.29 is 4.74 Å². The van der Waals surface area contributed by atoms with Crippen molar-refractivity contribution in [3.8, 4) is 22.9 Å². The highest BCUT2D eigenvalue weighted by Gasteiger charge is 2.19. The van der Waals surface area contributed by atoms with Gasteiger partial charge in [0.05, 0.1) is 11.6 Å². The van der Waals surface area contributed by atoms with E-state index in [4.69, 9.17) is 10.00 Å². The minimum absolute atomic E-state index is 0.245. The maximum atomic E-state index is 9.15. The van der Waals surface area contributed by atoms with Crippen LogP contribution < -0.4 is 9.64 Å². The van der Waals surface area contributed by atoms with Gasteiger partial charge in [0.1, 0.15) is 11.6 Å². The van der Waals surface area contributed by atoms with E-state index in [9.17, 15) is 0 Å². The number of piperazine rings is 1. The number of pyridine rings is 1. The number of nitrogens with one attached hydrogen (secondary N) is 1. The molecule has 9 heteroatoms. The zero-order valence-corrected chi connectivity index (χ0v) is 18.6. The third-order valence-corrected chi connectivity index (χ3v) is 5.90. The Labute approximate surface area is 197 Å². The SMILES string of the molecule is N#Cc1ccc(-c2ccc(OCc3nn[nH]n3)cc2CN2CCN(c3ccccn3)CC2)cc1. The van der Waals surface area contributed by atoms with E-state index in [1.807, 2.05) is 48.7 Å². The van der Waals surface area contributed by atoms with Crippen LogP contribution in [0.15, 0.2) is 66.9 Å². The molecule has 9 nitrogen and oxygen atoms in total. The summed E-state index contributed by atoms with van der Waals surface area (Å²) in [5.74, 6) is 2.28. The molecule has 2 aromatic heterocycles. The molecule has 1 saturated heterocycles. The van der Waals surface area contributed by atoms with Crippen LogP contribution in [0, 0.1) is 11.3 Å². The van der Waals surface area contributed by atoms with E-state index >= 15 is 0 Å². The zero-order valence-electron chi connectivity index (χ0n) is 18.6. The summed E-state index contributed by atoms with van der Waals surface area (Å²) in [6.07, 6.45) is 1.84. The Hall–Kier alpha value is -4.29. The molecule has 2 aromatic carbocycles. The molecule has 1 fully saturated rings. The van der Waals surface area contributed by atoms with Crippen molar-refractivity contribution in [2.45, 2.75) is 13.2 Å². The van der Waals surface area contributed by atoms with Gasteiger partial charge in [-0.25, -0.2) is 4.98 Å². The van der Waals surface area contributed by atoms with Crippen molar-refractivity contribution in [2.75, 3.05) is 31.1 Å². The summed E-state index contributed by atoms with van der Waals surface area (Å²) in [5, 5.41) is 23.0. The van der Waals surface area contributed by atoms with E-state index in [1.165, 1.54) is 5.56 Å². The Morgan fingerprint density at radius 2 is 1.85 bits per heavy atom. The molecule has 0 atom stereocenters. The molecule has 0 amide bonds. The van der Waals surface area contributed by atoms with E-state index < -0.39 is 0 Å². The molecule has 170 valence electrons. The van der Waals surface area contributed by atoms with Crippen LogP contribution in [0.3, 0.4) is 0 Å². The number of H-pyrrole nitrogens is 1. The molecule has 0 radical (unpaired) electrons. The van der Waals surface area contributed by atoms with E-state index in [-0.39, 0.29) is 6.61 Å². The fourth-order valence-corrected chi connectivity index (χ4v) is 4.10. The number of hydrogen-bond acceptors (Lipinski definition) is 8. The molecule has 0 unspecified atom stereocenters. The first-order valence-corrected chi connectivity index (χ1v) is 11.2. The minimum Gasteiger partial charge on any atom is -0.485 e. The summed E-state index contributed by atoms with van der Waals surface area (Å²) < 4.78 is 5.92. The highest BCUT2D eigenvalue weighted by Crippen LogP contribution is 2.30. The average Bonchev–Trinajstić information content (AvgIpc) is 3.43. The summed E-state index contributed by atoms with van der Waals surface area (Å²) in [7, 11) is 0. The summed E-state index contributed by atoms with van der Waals surface area (Å²) >= 11 is 0. The van der Waals surface area contributed by atoms with Crippen LogP contribution in [0.5, 0.6) is 5.75 Å². The number of ether oxygens (including phenoxy) is 1. The van der Waals surface area contributed by atoms with Gasteiger partial charge >= 0.3 is 0 Å². The smallest absolute Gasteiger partial charge is 0.211 e. The van der Waals surface area contributed by atoms with Crippen LogP contribution in [-0.2, 0) is 13.2 Å². The molecule has 1 N–H and O–H groups in total. The molecule has 1 aliphatic rings. The normalized spacial score (nSPS) is 14.0. The molecule has 1 aliphatic heterocycles. The van der Waals surface area contributed by atoms with Crippen LogP contribution in [0.1, 0.15) is 17.0 Å². The third-order valence-electron chi connectivity index (χ3n) is 5.90. The van der Waals surface area contributed by atoms with Crippen LogP contribution in [0.4, 0.5) is 5.82 Å². The standard InChI is InChI=1S/C25H24N8O/c26-16-19-4-6-20(7-5-19)23-9-8-22(34-18-24-28-30-31-29-24)15-21(23)17-32-11-13-33(14-12-32)25-3-1-2-10-27-25/h1-10,15H,11-14,17-18H2,(H,28,29,30,31). The van der Waals surface area contributed by atoms with Crippen molar-refractivity contribution in [3.63, 3.8) is 0 Å². The van der Waals surface area contributed by atoms with E-state index in [0.29, 0.717) is 11.4 Å². The molecule has 34 heavy (non-hydrogen) atoms. The van der Waals surface area contributed by atoms with Crippen molar-refractivity contribution in [1.29, 1.82) is 5.26 Å². The molecular formula is C25H24N8O. The van der Waals surface area contributed by atoms with Crippen LogP contribution >= 0.6 is 0 Å². The topological polar surface area (TPSA) is 107 Å². The van der Waals surface area contributed by atoms with Crippen LogP contribution in [0.2, 0.25) is 0 Å². The first kappa shape index (κ1) is 21.6. The zero-order chi connectivity index (χ0) is 23.2. The lowest BCUT2D eigenvalue weighted by molar-refractivity contribution is 0.248. The first-order valence-electron chi connectivity index (χ1n) is 11.2. The van der Waals surface area contributed by atoms with Crippen LogP contribution in [0.25, 0.3) is 11.1 Å². The highest BCUT2D eigenvalue weighted by atomic mass is 16.5.